The maximum atomic E-state index is 10.3. The van der Waals surface area contributed by atoms with Crippen LogP contribution >= 0.6 is 0 Å². The van der Waals surface area contributed by atoms with Gasteiger partial charge >= 0.3 is 0 Å². The highest BCUT2D eigenvalue weighted by Gasteiger charge is 1.97. The minimum absolute atomic E-state index is 0.481. The summed E-state index contributed by atoms with van der Waals surface area (Å²) in [7, 11) is 0. The van der Waals surface area contributed by atoms with E-state index in [0.717, 1.165) is 0 Å². The first kappa shape index (κ1) is 6.67. The summed E-state index contributed by atoms with van der Waals surface area (Å²) in [6.45, 7) is 0. The van der Waals surface area contributed by atoms with Gasteiger partial charge in [0.2, 0.25) is 5.91 Å². The van der Waals surface area contributed by atoms with Gasteiger partial charge in [-0.05, 0) is 0 Å². The highest BCUT2D eigenvalue weighted by atomic mass is 16.1. The first-order valence-electron chi connectivity index (χ1n) is 2.69. The third-order valence-corrected chi connectivity index (χ3v) is 0.873. The van der Waals surface area contributed by atoms with Crippen LogP contribution in [0.5, 0.6) is 0 Å². The second kappa shape index (κ2) is 2.91. The molecule has 0 aliphatic carbocycles. The van der Waals surface area contributed by atoms with Crippen LogP contribution in [0.2, 0.25) is 0 Å². The van der Waals surface area contributed by atoms with Crippen molar-refractivity contribution in [2.45, 2.75) is 0 Å². The summed E-state index contributed by atoms with van der Waals surface area (Å²) in [5.74, 6) is -0.513. The molecule has 10 heavy (non-hydrogen) atoms. The molecular weight excluding hydrogens is 130 g/mol. The van der Waals surface area contributed by atoms with Crippen molar-refractivity contribution >= 4 is 5.91 Å². The van der Waals surface area contributed by atoms with Gasteiger partial charge in [0, 0.05) is 18.6 Å². The molecule has 1 heterocycles. The van der Waals surface area contributed by atoms with E-state index in [2.05, 4.69) is 9.97 Å². The number of primary amides is 1. The summed E-state index contributed by atoms with van der Waals surface area (Å²) in [5.41, 5.74) is 5.34. The second-order valence-electron chi connectivity index (χ2n) is 1.68. The quantitative estimate of drug-likeness (QED) is 0.596. The lowest BCUT2D eigenvalue weighted by molar-refractivity contribution is -0.114. The van der Waals surface area contributed by atoms with Crippen LogP contribution in [0.15, 0.2) is 18.6 Å². The summed E-state index contributed by atoms with van der Waals surface area (Å²) in [4.78, 5) is 17.8. The molecule has 1 aromatic heterocycles. The smallest absolute Gasteiger partial charge is 0.227 e. The summed E-state index contributed by atoms with van der Waals surface area (Å²) in [6.07, 6.45) is 5.70. The number of aromatic nitrogens is 2. The van der Waals surface area contributed by atoms with E-state index in [9.17, 15) is 4.79 Å². The van der Waals surface area contributed by atoms with Gasteiger partial charge in [-0.25, -0.2) is 0 Å². The lowest BCUT2D eigenvalue weighted by atomic mass is 10.3. The van der Waals surface area contributed by atoms with E-state index in [0.29, 0.717) is 5.69 Å². The molecule has 1 rings (SSSR count). The van der Waals surface area contributed by atoms with Crippen molar-refractivity contribution in [3.05, 3.63) is 30.7 Å². The first-order valence-corrected chi connectivity index (χ1v) is 2.69. The van der Waals surface area contributed by atoms with Crippen LogP contribution in [0.25, 0.3) is 0 Å². The number of carbonyl (C=O) groups is 1. The van der Waals surface area contributed by atoms with E-state index < -0.39 is 5.91 Å². The number of nitrogens with zero attached hydrogens (tertiary/aromatic N) is 2. The minimum atomic E-state index is -0.513. The fourth-order valence-electron chi connectivity index (χ4n) is 0.531. The minimum Gasteiger partial charge on any atom is -0.369 e. The predicted molar refractivity (Wildman–Crippen MR) is 34.6 cm³/mol. The first-order chi connectivity index (χ1) is 4.79. The van der Waals surface area contributed by atoms with E-state index in [-0.39, 0.29) is 0 Å². The molecule has 0 aromatic carbocycles. The molecule has 0 spiro atoms. The third-order valence-electron chi connectivity index (χ3n) is 0.873. The molecule has 0 saturated heterocycles. The molecule has 0 bridgehead atoms. The van der Waals surface area contributed by atoms with Crippen LogP contribution in [0.1, 0.15) is 5.69 Å². The second-order valence-corrected chi connectivity index (χ2v) is 1.68. The topological polar surface area (TPSA) is 68.9 Å². The average Bonchev–Trinajstić information content (AvgIpc) is 1.88. The predicted octanol–water partition coefficient (Wildman–Crippen LogP) is -0.486. The Morgan fingerprint density at radius 3 is 2.90 bits per heavy atom. The third kappa shape index (κ3) is 1.81. The average molecular weight is 136 g/mol. The van der Waals surface area contributed by atoms with E-state index in [1.165, 1.54) is 25.0 Å². The van der Waals surface area contributed by atoms with Gasteiger partial charge in [-0.1, -0.05) is 0 Å². The lowest BCUT2D eigenvalue weighted by Gasteiger charge is -1.91. The monoisotopic (exact) mass is 136 g/mol. The number of hydrogen-bond acceptors (Lipinski definition) is 3. The Hall–Kier alpha value is -1.45. The van der Waals surface area contributed by atoms with Crippen LogP contribution in [-0.4, -0.2) is 15.9 Å². The van der Waals surface area contributed by atoms with Gasteiger partial charge in [0.15, 0.2) is 0 Å². The summed E-state index contributed by atoms with van der Waals surface area (Å²) < 4.78 is 0. The fraction of sp³-hybridized carbons (Fsp3) is 0. The highest BCUT2D eigenvalue weighted by molar-refractivity contribution is 5.86. The Bertz CT molecular complexity index is 222. The van der Waals surface area contributed by atoms with Crippen LogP contribution in [0.3, 0.4) is 0 Å². The Labute approximate surface area is 58.1 Å². The summed E-state index contributed by atoms with van der Waals surface area (Å²) >= 11 is 0. The van der Waals surface area contributed by atoms with Crippen LogP contribution in [0, 0.1) is 6.42 Å². The molecule has 4 nitrogen and oxygen atoms in total. The summed E-state index contributed by atoms with van der Waals surface area (Å²) in [6, 6.07) is 0. The number of amides is 1. The maximum Gasteiger partial charge on any atom is 0.227 e. The number of hydrogen-bond donors (Lipinski definition) is 1. The van der Waals surface area contributed by atoms with Crippen LogP contribution < -0.4 is 5.73 Å². The molecular formula is C6H6N3O. The van der Waals surface area contributed by atoms with Crippen molar-refractivity contribution in [3.8, 4) is 0 Å². The van der Waals surface area contributed by atoms with Gasteiger partial charge < -0.3 is 5.73 Å². The molecule has 2 N–H and O–H groups in total. The zero-order valence-electron chi connectivity index (χ0n) is 5.19. The van der Waals surface area contributed by atoms with E-state index >= 15 is 0 Å². The summed E-state index contributed by atoms with van der Waals surface area (Å²) in [5, 5.41) is 0. The standard InChI is InChI=1S/C6H6N3O/c7-6(10)3-5-4-8-1-2-9-5/h1-4H,(H2,7,10). The number of rotatable bonds is 2. The Morgan fingerprint density at radius 1 is 1.60 bits per heavy atom. The molecule has 0 fully saturated rings. The van der Waals surface area contributed by atoms with E-state index in [4.69, 9.17) is 5.73 Å². The Morgan fingerprint density at radius 2 is 2.40 bits per heavy atom. The molecule has 1 aromatic rings. The normalized spacial score (nSPS) is 9.20. The molecule has 0 atom stereocenters. The van der Waals surface area contributed by atoms with Crippen molar-refractivity contribution < 1.29 is 4.79 Å². The lowest BCUT2D eigenvalue weighted by Crippen LogP contribution is -2.12. The zero-order chi connectivity index (χ0) is 7.40. The molecule has 0 unspecified atom stereocenters. The van der Waals surface area contributed by atoms with E-state index in [1.54, 1.807) is 0 Å². The Balaban J connectivity index is 2.67. The van der Waals surface area contributed by atoms with Crippen LogP contribution in [0.4, 0.5) is 0 Å². The van der Waals surface area contributed by atoms with Crippen molar-refractivity contribution in [3.63, 3.8) is 0 Å². The van der Waals surface area contributed by atoms with Crippen molar-refractivity contribution in [1.82, 2.24) is 9.97 Å². The van der Waals surface area contributed by atoms with Gasteiger partial charge in [0.1, 0.15) is 0 Å². The van der Waals surface area contributed by atoms with Crippen molar-refractivity contribution in [2.24, 2.45) is 5.73 Å². The molecule has 0 aliphatic rings. The maximum absolute atomic E-state index is 10.3. The molecule has 0 saturated carbocycles. The molecule has 51 valence electrons. The van der Waals surface area contributed by atoms with Crippen molar-refractivity contribution in [1.29, 1.82) is 0 Å². The number of nitrogens with two attached hydrogens (primary N) is 1. The molecule has 1 radical (unpaired) electrons. The highest BCUT2D eigenvalue weighted by Crippen LogP contribution is 1.91. The van der Waals surface area contributed by atoms with Gasteiger partial charge in [-0.2, -0.15) is 0 Å². The Kier molecular flexibility index (Phi) is 1.94. The molecule has 1 amide bonds. The van der Waals surface area contributed by atoms with E-state index in [1.807, 2.05) is 0 Å². The van der Waals surface area contributed by atoms with Gasteiger partial charge in [-0.3, -0.25) is 14.8 Å². The SMILES string of the molecule is NC(=O)[CH]c1cnccn1. The van der Waals surface area contributed by atoms with Gasteiger partial charge in [0.25, 0.3) is 0 Å². The molecule has 4 heteroatoms. The van der Waals surface area contributed by atoms with Gasteiger partial charge in [0.05, 0.1) is 12.1 Å². The van der Waals surface area contributed by atoms with Gasteiger partial charge in [-0.15, -0.1) is 0 Å². The fourth-order valence-corrected chi connectivity index (χ4v) is 0.531. The van der Waals surface area contributed by atoms with Crippen LogP contribution in [-0.2, 0) is 4.79 Å². The molecule has 0 aliphatic heterocycles. The largest absolute Gasteiger partial charge is 0.369 e. The number of carbonyl (C=O) groups excluding carboxylic acids is 1. The van der Waals surface area contributed by atoms with Crippen molar-refractivity contribution in [2.75, 3.05) is 0 Å². The zero-order valence-corrected chi connectivity index (χ0v) is 5.19.